The van der Waals surface area contributed by atoms with Gasteiger partial charge in [0.25, 0.3) is 11.8 Å². The fraction of sp³-hybridized carbons (Fsp3) is 0.440. The summed E-state index contributed by atoms with van der Waals surface area (Å²) in [7, 11) is 3.21. The Morgan fingerprint density at radius 3 is 1.77 bits per heavy atom. The van der Waals surface area contributed by atoms with E-state index >= 15 is 0 Å². The molecule has 0 fully saturated rings. The van der Waals surface area contributed by atoms with Crippen molar-refractivity contribution in [2.75, 3.05) is 27.3 Å². The Morgan fingerprint density at radius 1 is 0.774 bits per heavy atom. The van der Waals surface area contributed by atoms with Crippen LogP contribution in [0.25, 0.3) is 0 Å². The fourth-order valence-electron chi connectivity index (χ4n) is 3.31. The Kier molecular flexibility index (Phi) is 10.4. The van der Waals surface area contributed by atoms with Gasteiger partial charge in [-0.2, -0.15) is 0 Å². The summed E-state index contributed by atoms with van der Waals surface area (Å²) in [6, 6.07) is 14.2. The summed E-state index contributed by atoms with van der Waals surface area (Å²) in [6.45, 7) is 3.49. The summed E-state index contributed by atoms with van der Waals surface area (Å²) in [5.74, 6) is 1.82. The fourth-order valence-corrected chi connectivity index (χ4v) is 3.31. The molecule has 0 bridgehead atoms. The molecular weight excluding hydrogens is 392 g/mol. The van der Waals surface area contributed by atoms with E-state index in [2.05, 4.69) is 17.6 Å². The predicted octanol–water partition coefficient (Wildman–Crippen LogP) is 4.45. The van der Waals surface area contributed by atoms with Gasteiger partial charge in [-0.25, -0.2) is 0 Å². The zero-order valence-corrected chi connectivity index (χ0v) is 18.8. The maximum absolute atomic E-state index is 12.3. The molecule has 2 rings (SSSR count). The minimum Gasteiger partial charge on any atom is -0.497 e. The largest absolute Gasteiger partial charge is 0.497 e. The van der Waals surface area contributed by atoms with Gasteiger partial charge in [-0.15, -0.1) is 0 Å². The van der Waals surface area contributed by atoms with E-state index in [1.54, 1.807) is 62.8 Å². The lowest BCUT2D eigenvalue weighted by Crippen LogP contribution is -2.29. The van der Waals surface area contributed by atoms with Crippen molar-refractivity contribution in [3.05, 3.63) is 59.7 Å². The van der Waals surface area contributed by atoms with E-state index < -0.39 is 0 Å². The molecule has 0 heterocycles. The number of methoxy groups -OCH3 is 2. The lowest BCUT2D eigenvalue weighted by Gasteiger charge is -2.16. The van der Waals surface area contributed by atoms with E-state index in [0.717, 1.165) is 43.6 Å². The van der Waals surface area contributed by atoms with Gasteiger partial charge in [-0.3, -0.25) is 9.59 Å². The minimum absolute atomic E-state index is 0.0534. The lowest BCUT2D eigenvalue weighted by atomic mass is 9.98. The van der Waals surface area contributed by atoms with Gasteiger partial charge in [-0.05, 0) is 67.3 Å². The molecule has 0 aliphatic rings. The standard InChI is InChI=1S/C25H34N2O4/c1-4-19(18-27-25(29)21-11-15-23(31-3)16-12-21)8-6-5-7-17-26-24(28)20-9-13-22(30-2)14-10-20/h9-16,19H,4-8,17-18H2,1-3H3,(H,26,28)(H,27,29). The van der Waals surface area contributed by atoms with Crippen LogP contribution < -0.4 is 20.1 Å². The molecule has 0 saturated heterocycles. The Hall–Kier alpha value is -3.02. The number of unbranched alkanes of at least 4 members (excludes halogenated alkanes) is 2. The first-order valence-corrected chi connectivity index (χ1v) is 10.9. The van der Waals surface area contributed by atoms with Crippen LogP contribution in [0.3, 0.4) is 0 Å². The van der Waals surface area contributed by atoms with Gasteiger partial charge in [0.05, 0.1) is 14.2 Å². The van der Waals surface area contributed by atoms with Gasteiger partial charge in [-0.1, -0.05) is 26.2 Å². The molecule has 31 heavy (non-hydrogen) atoms. The number of carbonyl (C=O) groups excluding carboxylic acids is 2. The number of rotatable bonds is 13. The summed E-state index contributed by atoms with van der Waals surface area (Å²) in [4.78, 5) is 24.4. The second kappa shape index (κ2) is 13.3. The van der Waals surface area contributed by atoms with Crippen molar-refractivity contribution in [2.45, 2.75) is 39.0 Å². The first-order chi connectivity index (χ1) is 15.1. The summed E-state index contributed by atoms with van der Waals surface area (Å²) < 4.78 is 10.2. The van der Waals surface area contributed by atoms with E-state index in [0.29, 0.717) is 30.1 Å². The molecule has 6 nitrogen and oxygen atoms in total. The molecule has 0 aliphatic carbocycles. The van der Waals surface area contributed by atoms with Gasteiger partial charge in [0.2, 0.25) is 0 Å². The third-order valence-electron chi connectivity index (χ3n) is 5.41. The molecule has 2 aromatic carbocycles. The number of nitrogens with one attached hydrogen (secondary N) is 2. The van der Waals surface area contributed by atoms with Crippen LogP contribution in [0.15, 0.2) is 48.5 Å². The van der Waals surface area contributed by atoms with E-state index in [1.807, 2.05) is 0 Å². The van der Waals surface area contributed by atoms with Crippen LogP contribution in [0.2, 0.25) is 0 Å². The Bertz CT molecular complexity index is 803. The molecule has 2 amide bonds. The first-order valence-electron chi connectivity index (χ1n) is 10.9. The van der Waals surface area contributed by atoms with Crippen molar-refractivity contribution < 1.29 is 19.1 Å². The number of carbonyl (C=O) groups is 2. The van der Waals surface area contributed by atoms with E-state index in [4.69, 9.17) is 9.47 Å². The molecule has 0 aliphatic heterocycles. The average Bonchev–Trinajstić information content (AvgIpc) is 2.82. The molecular formula is C25H34N2O4. The summed E-state index contributed by atoms with van der Waals surface area (Å²) >= 11 is 0. The number of hydrogen-bond donors (Lipinski definition) is 2. The maximum Gasteiger partial charge on any atom is 0.251 e. The van der Waals surface area contributed by atoms with Crippen LogP contribution in [0.4, 0.5) is 0 Å². The van der Waals surface area contributed by atoms with Gasteiger partial charge in [0.15, 0.2) is 0 Å². The normalized spacial score (nSPS) is 11.5. The molecule has 1 atom stereocenters. The van der Waals surface area contributed by atoms with E-state index in [9.17, 15) is 9.59 Å². The number of amides is 2. The third-order valence-corrected chi connectivity index (χ3v) is 5.41. The zero-order valence-electron chi connectivity index (χ0n) is 18.8. The average molecular weight is 427 g/mol. The van der Waals surface area contributed by atoms with E-state index in [1.165, 1.54) is 0 Å². The van der Waals surface area contributed by atoms with Crippen molar-refractivity contribution in [3.8, 4) is 11.5 Å². The summed E-state index contributed by atoms with van der Waals surface area (Å²) in [6.07, 6.45) is 5.15. The SMILES string of the molecule is CCC(CCCCCNC(=O)c1ccc(OC)cc1)CNC(=O)c1ccc(OC)cc1. The van der Waals surface area contributed by atoms with Crippen molar-refractivity contribution in [3.63, 3.8) is 0 Å². The molecule has 6 heteroatoms. The third kappa shape index (κ3) is 8.32. The molecule has 0 aromatic heterocycles. The van der Waals surface area contributed by atoms with Gasteiger partial charge in [0, 0.05) is 24.2 Å². The Morgan fingerprint density at radius 2 is 1.29 bits per heavy atom. The van der Waals surface area contributed by atoms with Gasteiger partial charge >= 0.3 is 0 Å². The van der Waals surface area contributed by atoms with E-state index in [-0.39, 0.29) is 11.8 Å². The second-order valence-electron chi connectivity index (χ2n) is 7.55. The lowest BCUT2D eigenvalue weighted by molar-refractivity contribution is 0.0941. The van der Waals surface area contributed by atoms with Crippen molar-refractivity contribution in [1.29, 1.82) is 0 Å². The molecule has 168 valence electrons. The minimum atomic E-state index is -0.0599. The highest BCUT2D eigenvalue weighted by Crippen LogP contribution is 2.15. The monoisotopic (exact) mass is 426 g/mol. The van der Waals surface area contributed by atoms with Crippen LogP contribution in [0.1, 0.15) is 59.7 Å². The van der Waals surface area contributed by atoms with Crippen molar-refractivity contribution in [2.24, 2.45) is 5.92 Å². The summed E-state index contributed by atoms with van der Waals surface area (Å²) in [5.41, 5.74) is 1.28. The quantitative estimate of drug-likeness (QED) is 0.464. The molecule has 1 unspecified atom stereocenters. The molecule has 0 radical (unpaired) electrons. The van der Waals surface area contributed by atoms with Crippen LogP contribution in [0.5, 0.6) is 11.5 Å². The maximum atomic E-state index is 12.3. The first kappa shape index (κ1) is 24.3. The topological polar surface area (TPSA) is 76.7 Å². The molecule has 0 saturated carbocycles. The zero-order chi connectivity index (χ0) is 22.5. The van der Waals surface area contributed by atoms with Gasteiger partial charge < -0.3 is 20.1 Å². The molecule has 0 spiro atoms. The number of hydrogen-bond acceptors (Lipinski definition) is 4. The highest BCUT2D eigenvalue weighted by molar-refractivity contribution is 5.94. The Labute approximate surface area is 185 Å². The summed E-state index contributed by atoms with van der Waals surface area (Å²) in [5, 5.41) is 5.99. The second-order valence-corrected chi connectivity index (χ2v) is 7.55. The van der Waals surface area contributed by atoms with Crippen molar-refractivity contribution in [1.82, 2.24) is 10.6 Å². The van der Waals surface area contributed by atoms with Crippen LogP contribution in [0, 0.1) is 5.92 Å². The molecule has 2 N–H and O–H groups in total. The number of ether oxygens (including phenoxy) is 2. The van der Waals surface area contributed by atoms with Crippen LogP contribution >= 0.6 is 0 Å². The van der Waals surface area contributed by atoms with Crippen molar-refractivity contribution >= 4 is 11.8 Å². The smallest absolute Gasteiger partial charge is 0.251 e. The van der Waals surface area contributed by atoms with Gasteiger partial charge in [0.1, 0.15) is 11.5 Å². The molecule has 2 aromatic rings. The highest BCUT2D eigenvalue weighted by Gasteiger charge is 2.11. The van der Waals surface area contributed by atoms with Crippen LogP contribution in [-0.2, 0) is 0 Å². The van der Waals surface area contributed by atoms with Crippen LogP contribution in [-0.4, -0.2) is 39.1 Å². The Balaban J connectivity index is 1.60. The number of benzene rings is 2. The predicted molar refractivity (Wildman–Crippen MR) is 123 cm³/mol. The highest BCUT2D eigenvalue weighted by atomic mass is 16.5.